The van der Waals surface area contributed by atoms with E-state index in [0.29, 0.717) is 12.5 Å². The van der Waals surface area contributed by atoms with E-state index in [1.54, 1.807) is 0 Å². The highest BCUT2D eigenvalue weighted by atomic mass is 35.5. The van der Waals surface area contributed by atoms with E-state index in [0.717, 1.165) is 24.3 Å². The zero-order valence-corrected chi connectivity index (χ0v) is 12.0. The third kappa shape index (κ3) is 7.47. The van der Waals surface area contributed by atoms with Crippen molar-refractivity contribution in [2.24, 2.45) is 0 Å². The molecule has 0 aliphatic heterocycles. The lowest BCUT2D eigenvalue weighted by Crippen LogP contribution is -1.87. The summed E-state index contributed by atoms with van der Waals surface area (Å²) in [6.45, 7) is 4.47. The van der Waals surface area contributed by atoms with E-state index < -0.39 is 5.77 Å². The van der Waals surface area contributed by atoms with E-state index in [2.05, 4.69) is 6.92 Å². The molecule has 0 spiro atoms. The summed E-state index contributed by atoms with van der Waals surface area (Å²) in [6.07, 6.45) is 1.91. The van der Waals surface area contributed by atoms with Crippen molar-refractivity contribution in [3.8, 4) is 0 Å². The van der Waals surface area contributed by atoms with Gasteiger partial charge in [0.1, 0.15) is 0 Å². The Morgan fingerprint density at radius 1 is 1.29 bits per heavy atom. The fourth-order valence-electron chi connectivity index (χ4n) is 0.704. The van der Waals surface area contributed by atoms with Gasteiger partial charge in [-0.25, -0.2) is 0 Å². The molecule has 0 aromatic heterocycles. The highest BCUT2D eigenvalue weighted by Gasteiger charge is 2.23. The Morgan fingerprint density at radius 2 is 1.93 bits per heavy atom. The smallest absolute Gasteiger partial charge is 0.313 e. The lowest BCUT2D eigenvalue weighted by Gasteiger charge is -2.15. The van der Waals surface area contributed by atoms with Crippen molar-refractivity contribution in [3.05, 3.63) is 0 Å². The molecule has 0 aromatic rings. The Hall–Kier alpha value is 1.18. The fourth-order valence-corrected chi connectivity index (χ4v) is 8.03. The van der Waals surface area contributed by atoms with Crippen LogP contribution in [-0.4, -0.2) is 24.0 Å². The van der Waals surface area contributed by atoms with E-state index in [1.165, 1.54) is 22.8 Å². The molecule has 86 valence electrons. The minimum Gasteiger partial charge on any atom is -0.314 e. The predicted molar refractivity (Wildman–Crippen MR) is 69.8 cm³/mol. The zero-order valence-electron chi connectivity index (χ0n) is 8.70. The summed E-state index contributed by atoms with van der Waals surface area (Å²) in [6, 6.07) is 0. The Bertz CT molecular complexity index is 181. The first kappa shape index (κ1) is 15.2. The van der Waals surface area contributed by atoms with Gasteiger partial charge in [0.05, 0.1) is 6.61 Å². The Kier molecular flexibility index (Phi) is 10.2. The second-order valence-electron chi connectivity index (χ2n) is 2.57. The van der Waals surface area contributed by atoms with E-state index >= 15 is 0 Å². The SMILES string of the molecule is CCCS[P@](=O)(OCC)SCCCCl. The van der Waals surface area contributed by atoms with E-state index in [1.807, 2.05) is 6.92 Å². The standard InChI is InChI=1S/C8H18ClO2PS2/c1-3-7-13-12(10,11-4-2)14-8-5-6-9/h3-8H2,1-2H3/t12-/m0/s1. The van der Waals surface area contributed by atoms with Crippen molar-refractivity contribution in [2.45, 2.75) is 26.7 Å². The van der Waals surface area contributed by atoms with Crippen molar-refractivity contribution < 1.29 is 9.09 Å². The molecule has 0 fully saturated rings. The number of halogens is 1. The summed E-state index contributed by atoms with van der Waals surface area (Å²) >= 11 is 8.44. The first-order chi connectivity index (χ1) is 6.68. The van der Waals surface area contributed by atoms with Crippen molar-refractivity contribution in [2.75, 3.05) is 24.0 Å². The largest absolute Gasteiger partial charge is 0.314 e. The molecule has 6 heteroatoms. The van der Waals surface area contributed by atoms with Crippen LogP contribution < -0.4 is 0 Å². The summed E-state index contributed by atoms with van der Waals surface area (Å²) in [7, 11) is 0. The average Bonchev–Trinajstić information content (AvgIpc) is 2.16. The van der Waals surface area contributed by atoms with Gasteiger partial charge in [0, 0.05) is 17.4 Å². The number of hydrogen-bond donors (Lipinski definition) is 0. The number of hydrogen-bond acceptors (Lipinski definition) is 4. The van der Waals surface area contributed by atoms with Crippen LogP contribution in [0.15, 0.2) is 0 Å². The molecule has 14 heavy (non-hydrogen) atoms. The van der Waals surface area contributed by atoms with E-state index in [-0.39, 0.29) is 0 Å². The second kappa shape index (κ2) is 9.41. The quantitative estimate of drug-likeness (QED) is 0.348. The van der Waals surface area contributed by atoms with Crippen LogP contribution in [0.4, 0.5) is 0 Å². The van der Waals surface area contributed by atoms with E-state index in [4.69, 9.17) is 16.1 Å². The summed E-state index contributed by atoms with van der Waals surface area (Å²) in [4.78, 5) is 0. The molecule has 1 atom stereocenters. The Labute approximate surface area is 99.8 Å². The van der Waals surface area contributed by atoms with Gasteiger partial charge >= 0.3 is 5.77 Å². The molecule has 0 saturated carbocycles. The molecule has 0 heterocycles. The molecule has 0 aliphatic rings. The molecule has 0 aliphatic carbocycles. The lowest BCUT2D eigenvalue weighted by molar-refractivity contribution is 0.357. The molecule has 0 unspecified atom stereocenters. The molecule has 0 saturated heterocycles. The van der Waals surface area contributed by atoms with Gasteiger partial charge in [0.2, 0.25) is 0 Å². The summed E-state index contributed by atoms with van der Waals surface area (Å²) in [5.41, 5.74) is 0. The van der Waals surface area contributed by atoms with Gasteiger partial charge in [-0.15, -0.1) is 11.6 Å². The summed E-state index contributed by atoms with van der Waals surface area (Å²) in [5, 5.41) is 0. The van der Waals surface area contributed by atoms with Gasteiger partial charge in [-0.1, -0.05) is 29.7 Å². The van der Waals surface area contributed by atoms with Crippen LogP contribution in [0.2, 0.25) is 0 Å². The molecular formula is C8H18ClO2PS2. The monoisotopic (exact) mass is 276 g/mol. The van der Waals surface area contributed by atoms with E-state index in [9.17, 15) is 4.57 Å². The number of rotatable bonds is 9. The molecule has 0 bridgehead atoms. The summed E-state index contributed by atoms with van der Waals surface area (Å²) < 4.78 is 17.4. The molecule has 0 N–H and O–H groups in total. The minimum atomic E-state index is -2.49. The van der Waals surface area contributed by atoms with Crippen LogP contribution in [0.3, 0.4) is 0 Å². The van der Waals surface area contributed by atoms with Crippen LogP contribution in [0.1, 0.15) is 26.7 Å². The van der Waals surface area contributed by atoms with Gasteiger partial charge in [0.15, 0.2) is 0 Å². The van der Waals surface area contributed by atoms with Gasteiger partial charge in [-0.3, -0.25) is 4.57 Å². The van der Waals surface area contributed by atoms with Crippen LogP contribution >= 0.6 is 40.1 Å². The van der Waals surface area contributed by atoms with Crippen LogP contribution in [0.25, 0.3) is 0 Å². The van der Waals surface area contributed by atoms with Crippen LogP contribution in [0, 0.1) is 0 Å². The number of alkyl halides is 1. The molecule has 0 amide bonds. The highest BCUT2D eigenvalue weighted by Crippen LogP contribution is 2.69. The van der Waals surface area contributed by atoms with Crippen molar-refractivity contribution >= 4 is 40.1 Å². The van der Waals surface area contributed by atoms with Crippen molar-refractivity contribution in [1.29, 1.82) is 0 Å². The maximum absolute atomic E-state index is 12.1. The average molecular weight is 277 g/mol. The van der Waals surface area contributed by atoms with Gasteiger partial charge in [-0.05, 0) is 19.8 Å². The van der Waals surface area contributed by atoms with Gasteiger partial charge in [0.25, 0.3) is 0 Å². The Morgan fingerprint density at radius 3 is 2.43 bits per heavy atom. The molecule has 0 rings (SSSR count). The fraction of sp³-hybridized carbons (Fsp3) is 1.00. The maximum atomic E-state index is 12.1. The lowest BCUT2D eigenvalue weighted by atomic mass is 10.6. The Balaban J connectivity index is 3.89. The molecular weight excluding hydrogens is 259 g/mol. The van der Waals surface area contributed by atoms with Crippen LogP contribution in [-0.2, 0) is 9.09 Å². The molecule has 2 nitrogen and oxygen atoms in total. The maximum Gasteiger partial charge on any atom is 0.313 e. The topological polar surface area (TPSA) is 26.3 Å². The third-order valence-electron chi connectivity index (χ3n) is 1.27. The zero-order chi connectivity index (χ0) is 10.9. The molecule has 0 radical (unpaired) electrons. The van der Waals surface area contributed by atoms with Crippen LogP contribution in [0.5, 0.6) is 0 Å². The second-order valence-corrected chi connectivity index (χ2v) is 10.6. The molecule has 0 aromatic carbocycles. The minimum absolute atomic E-state index is 0.516. The van der Waals surface area contributed by atoms with Gasteiger partial charge in [-0.2, -0.15) is 0 Å². The van der Waals surface area contributed by atoms with Crippen molar-refractivity contribution in [1.82, 2.24) is 0 Å². The predicted octanol–water partition coefficient (Wildman–Crippen LogP) is 4.64. The first-order valence-electron chi connectivity index (χ1n) is 4.78. The summed E-state index contributed by atoms with van der Waals surface area (Å²) in [5.74, 6) is -0.157. The highest BCUT2D eigenvalue weighted by molar-refractivity contribution is 8.89. The third-order valence-corrected chi connectivity index (χ3v) is 9.33. The van der Waals surface area contributed by atoms with Gasteiger partial charge < -0.3 is 4.52 Å². The normalized spacial score (nSPS) is 15.4. The van der Waals surface area contributed by atoms with Crippen molar-refractivity contribution in [3.63, 3.8) is 0 Å². The first-order valence-corrected chi connectivity index (χ1v) is 10.1.